The van der Waals surface area contributed by atoms with Gasteiger partial charge in [-0.25, -0.2) is 0 Å². The number of fused-ring (bicyclic) bond motifs is 1. The van der Waals surface area contributed by atoms with Gasteiger partial charge in [-0.2, -0.15) is 0 Å². The number of hydrogen-bond acceptors (Lipinski definition) is 9. The van der Waals surface area contributed by atoms with E-state index >= 15 is 0 Å². The van der Waals surface area contributed by atoms with Crippen LogP contribution in [0.1, 0.15) is 71.7 Å². The van der Waals surface area contributed by atoms with Crippen molar-refractivity contribution < 1.29 is 38.0 Å². The molecule has 0 saturated carbocycles. The fraction of sp³-hybridized carbons (Fsp3) is 0.341. The lowest BCUT2D eigenvalue weighted by Crippen LogP contribution is -2.38. The molecule has 2 N–H and O–H groups in total. The number of anilines is 1. The molecule has 1 aliphatic rings. The van der Waals surface area contributed by atoms with E-state index in [2.05, 4.69) is 10.6 Å². The Kier molecular flexibility index (Phi) is 13.8. The van der Waals surface area contributed by atoms with Gasteiger partial charge in [0, 0.05) is 10.7 Å². The predicted octanol–water partition coefficient (Wildman–Crippen LogP) is 9.21. The van der Waals surface area contributed by atoms with Crippen molar-refractivity contribution in [3.05, 3.63) is 94.0 Å². The third-order valence-electron chi connectivity index (χ3n) is 8.72. The highest BCUT2D eigenvalue weighted by Gasteiger charge is 2.25. The van der Waals surface area contributed by atoms with Gasteiger partial charge >= 0.3 is 0 Å². The highest BCUT2D eigenvalue weighted by molar-refractivity contribution is 6.31. The Hall–Kier alpha value is -5.22. The predicted molar refractivity (Wildman–Crippen MR) is 205 cm³/mol. The molecule has 1 unspecified atom stereocenters. The Morgan fingerprint density at radius 2 is 1.17 bits per heavy atom. The zero-order valence-corrected chi connectivity index (χ0v) is 31.1. The standard InChI is InChI=1S/C41H47ClN2O8/c1-46-33-18-14-27(12-13-28-23-37(48-3)39(50-5)38(24-28)49-4)22-36(33)52-21-11-9-7-6-8-10-20-51-34-19-15-29(25-35(34)47-2)40-43-32-17-16-30(42)26-31(32)41(45)44-40/h12-19,22-26,40,43H,6-11,20-21H2,1-5H3,(H,44,45)/b13-12+. The molecule has 1 amide bonds. The summed E-state index contributed by atoms with van der Waals surface area (Å²) in [4.78, 5) is 12.7. The van der Waals surface area contributed by atoms with E-state index in [9.17, 15) is 4.79 Å². The van der Waals surface area contributed by atoms with Crippen molar-refractivity contribution in [3.8, 4) is 40.2 Å². The van der Waals surface area contributed by atoms with Gasteiger partial charge in [-0.15, -0.1) is 0 Å². The molecule has 0 saturated heterocycles. The minimum absolute atomic E-state index is 0.183. The number of amides is 1. The Balaban J connectivity index is 1.01. The van der Waals surface area contributed by atoms with E-state index in [0.717, 1.165) is 60.9 Å². The summed E-state index contributed by atoms with van der Waals surface area (Å²) in [6.45, 7) is 1.20. The monoisotopic (exact) mass is 730 g/mol. The Labute approximate surface area is 310 Å². The maximum Gasteiger partial charge on any atom is 0.255 e. The number of rotatable bonds is 19. The Morgan fingerprint density at radius 3 is 1.83 bits per heavy atom. The summed E-state index contributed by atoms with van der Waals surface area (Å²) in [5.41, 5.74) is 4.00. The molecule has 0 spiro atoms. The van der Waals surface area contributed by atoms with E-state index in [1.807, 2.05) is 66.7 Å². The van der Waals surface area contributed by atoms with Gasteiger partial charge in [-0.1, -0.05) is 61.6 Å². The maximum absolute atomic E-state index is 12.7. The number of unbranched alkanes of at least 4 members (excludes halogenated alkanes) is 5. The molecule has 4 aromatic carbocycles. The zero-order valence-electron chi connectivity index (χ0n) is 30.4. The molecule has 1 heterocycles. The number of benzene rings is 4. The molecule has 10 nitrogen and oxygen atoms in total. The summed E-state index contributed by atoms with van der Waals surface area (Å²) in [5, 5.41) is 6.84. The van der Waals surface area contributed by atoms with E-state index in [1.54, 1.807) is 47.7 Å². The molecule has 0 aromatic heterocycles. The first kappa shape index (κ1) is 38.0. The van der Waals surface area contributed by atoms with Gasteiger partial charge in [-0.05, 0) is 84.1 Å². The number of carbonyl (C=O) groups is 1. The number of halogens is 1. The second-order valence-corrected chi connectivity index (χ2v) is 12.6. The molecule has 4 aromatic rings. The molecular weight excluding hydrogens is 684 g/mol. The maximum atomic E-state index is 12.7. The van der Waals surface area contributed by atoms with Crippen molar-refractivity contribution in [3.63, 3.8) is 0 Å². The summed E-state index contributed by atoms with van der Waals surface area (Å²) in [5.74, 6) is 4.28. The van der Waals surface area contributed by atoms with Crippen LogP contribution in [0.25, 0.3) is 12.2 Å². The van der Waals surface area contributed by atoms with Crippen LogP contribution in [-0.2, 0) is 0 Å². The highest BCUT2D eigenvalue weighted by Crippen LogP contribution is 2.39. The van der Waals surface area contributed by atoms with E-state index in [-0.39, 0.29) is 5.91 Å². The topological polar surface area (TPSA) is 106 Å². The van der Waals surface area contributed by atoms with E-state index < -0.39 is 6.17 Å². The summed E-state index contributed by atoms with van der Waals surface area (Å²) in [6, 6.07) is 20.6. The van der Waals surface area contributed by atoms with Crippen molar-refractivity contribution >= 4 is 35.3 Å². The zero-order chi connectivity index (χ0) is 36.9. The van der Waals surface area contributed by atoms with Gasteiger partial charge in [-0.3, -0.25) is 4.79 Å². The lowest BCUT2D eigenvalue weighted by Gasteiger charge is -2.28. The minimum Gasteiger partial charge on any atom is -0.493 e. The fourth-order valence-corrected chi connectivity index (χ4v) is 6.13. The molecular formula is C41H47ClN2O8. The van der Waals surface area contributed by atoms with Gasteiger partial charge in [0.1, 0.15) is 6.17 Å². The fourth-order valence-electron chi connectivity index (χ4n) is 5.96. The van der Waals surface area contributed by atoms with Crippen LogP contribution in [0, 0.1) is 0 Å². The Morgan fingerprint density at radius 1 is 0.577 bits per heavy atom. The van der Waals surface area contributed by atoms with Crippen molar-refractivity contribution in [1.29, 1.82) is 0 Å². The summed E-state index contributed by atoms with van der Waals surface area (Å²) in [6.07, 6.45) is 9.86. The SMILES string of the molecule is COc1cc(C2NC(=O)c3cc(Cl)ccc3N2)ccc1OCCCCCCCCOc1cc(/C=C/c2cc(OC)c(OC)c(OC)c2)ccc1OC. The number of carbonyl (C=O) groups excluding carboxylic acids is 1. The molecule has 1 atom stereocenters. The van der Waals surface area contributed by atoms with Crippen molar-refractivity contribution in [2.45, 2.75) is 44.7 Å². The minimum atomic E-state index is -0.398. The van der Waals surface area contributed by atoms with Crippen LogP contribution in [-0.4, -0.2) is 54.7 Å². The average molecular weight is 731 g/mol. The largest absolute Gasteiger partial charge is 0.493 e. The second kappa shape index (κ2) is 18.9. The Bertz CT molecular complexity index is 1820. The quantitative estimate of drug-likeness (QED) is 0.0722. The van der Waals surface area contributed by atoms with E-state index in [4.69, 9.17) is 44.8 Å². The normalized spacial score (nSPS) is 13.5. The first-order valence-electron chi connectivity index (χ1n) is 17.3. The molecule has 11 heteroatoms. The van der Waals surface area contributed by atoms with Crippen LogP contribution >= 0.6 is 11.6 Å². The first-order chi connectivity index (χ1) is 25.4. The third kappa shape index (κ3) is 9.76. The molecule has 0 radical (unpaired) electrons. The molecule has 0 aliphatic carbocycles. The van der Waals surface area contributed by atoms with Gasteiger partial charge in [0.05, 0.1) is 54.3 Å². The number of hydrogen-bond donors (Lipinski definition) is 2. The van der Waals surface area contributed by atoms with Crippen LogP contribution in [0.15, 0.2) is 66.7 Å². The molecule has 0 fully saturated rings. The lowest BCUT2D eigenvalue weighted by atomic mass is 10.1. The molecule has 1 aliphatic heterocycles. The van der Waals surface area contributed by atoms with Gasteiger partial charge in [0.15, 0.2) is 34.5 Å². The molecule has 0 bridgehead atoms. The van der Waals surface area contributed by atoms with Crippen LogP contribution < -0.4 is 43.8 Å². The third-order valence-corrected chi connectivity index (χ3v) is 8.95. The van der Waals surface area contributed by atoms with Gasteiger partial charge in [0.2, 0.25) is 5.75 Å². The average Bonchev–Trinajstić information content (AvgIpc) is 3.17. The number of ether oxygens (including phenoxy) is 7. The van der Waals surface area contributed by atoms with Crippen molar-refractivity contribution in [2.75, 3.05) is 54.1 Å². The lowest BCUT2D eigenvalue weighted by molar-refractivity contribution is 0.0935. The summed E-state index contributed by atoms with van der Waals surface area (Å²) < 4.78 is 39.7. The van der Waals surface area contributed by atoms with Crippen LogP contribution in [0.5, 0.6) is 40.2 Å². The smallest absolute Gasteiger partial charge is 0.255 e. The van der Waals surface area contributed by atoms with Crippen molar-refractivity contribution in [2.24, 2.45) is 0 Å². The summed E-state index contributed by atoms with van der Waals surface area (Å²) >= 11 is 6.06. The highest BCUT2D eigenvalue weighted by atomic mass is 35.5. The second-order valence-electron chi connectivity index (χ2n) is 12.2. The number of methoxy groups -OCH3 is 5. The van der Waals surface area contributed by atoms with Crippen molar-refractivity contribution in [1.82, 2.24) is 5.32 Å². The van der Waals surface area contributed by atoms with E-state index in [1.165, 1.54) is 0 Å². The van der Waals surface area contributed by atoms with Crippen LogP contribution in [0.4, 0.5) is 5.69 Å². The molecule has 52 heavy (non-hydrogen) atoms. The summed E-state index contributed by atoms with van der Waals surface area (Å²) in [7, 11) is 8.05. The van der Waals surface area contributed by atoms with E-state index in [0.29, 0.717) is 64.0 Å². The van der Waals surface area contributed by atoms with Gasteiger partial charge < -0.3 is 43.8 Å². The molecule has 5 rings (SSSR count). The number of nitrogens with one attached hydrogen (secondary N) is 2. The molecule has 276 valence electrons. The van der Waals surface area contributed by atoms with Crippen LogP contribution in [0.2, 0.25) is 5.02 Å². The van der Waals surface area contributed by atoms with Crippen LogP contribution in [0.3, 0.4) is 0 Å². The van der Waals surface area contributed by atoms with Gasteiger partial charge in [0.25, 0.3) is 5.91 Å². The first-order valence-corrected chi connectivity index (χ1v) is 17.7.